The number of carbonyl (C=O) groups is 2. The van der Waals surface area contributed by atoms with Crippen molar-refractivity contribution in [1.82, 2.24) is 15.5 Å². The summed E-state index contributed by atoms with van der Waals surface area (Å²) >= 11 is 0. The maximum atomic E-state index is 12.3. The highest BCUT2D eigenvalue weighted by atomic mass is 16.2. The molecule has 0 unspecified atom stereocenters. The molecule has 0 saturated carbocycles. The number of amides is 2. The van der Waals surface area contributed by atoms with Gasteiger partial charge in [-0.05, 0) is 44.1 Å². The van der Waals surface area contributed by atoms with Crippen molar-refractivity contribution < 1.29 is 9.59 Å². The van der Waals surface area contributed by atoms with Gasteiger partial charge in [-0.25, -0.2) is 0 Å². The Labute approximate surface area is 163 Å². The van der Waals surface area contributed by atoms with E-state index in [-0.39, 0.29) is 11.5 Å². The van der Waals surface area contributed by atoms with Crippen LogP contribution in [0.1, 0.15) is 59.4 Å². The topological polar surface area (TPSA) is 61.4 Å². The molecule has 1 aromatic rings. The van der Waals surface area contributed by atoms with Gasteiger partial charge in [0, 0.05) is 31.2 Å². The number of nitrogens with zero attached hydrogens (tertiary/aromatic N) is 1. The molecule has 1 saturated heterocycles. The lowest BCUT2D eigenvalue weighted by molar-refractivity contribution is -0.141. The highest BCUT2D eigenvalue weighted by Crippen LogP contribution is 2.26. The van der Waals surface area contributed by atoms with Gasteiger partial charge in [0.1, 0.15) is 0 Å². The predicted molar refractivity (Wildman–Crippen MR) is 109 cm³/mol. The van der Waals surface area contributed by atoms with Crippen LogP contribution in [-0.4, -0.2) is 41.4 Å². The number of hydrogen-bond donors (Lipinski definition) is 2. The Balaban J connectivity index is 1.76. The molecule has 0 bridgehead atoms. The molecule has 5 heteroatoms. The highest BCUT2D eigenvalue weighted by molar-refractivity contribution is 6.35. The van der Waals surface area contributed by atoms with Gasteiger partial charge in [-0.2, -0.15) is 0 Å². The van der Waals surface area contributed by atoms with E-state index in [4.69, 9.17) is 0 Å². The molecular formula is C22H35N3O2. The van der Waals surface area contributed by atoms with Crippen LogP contribution in [0.25, 0.3) is 0 Å². The van der Waals surface area contributed by atoms with Crippen LogP contribution >= 0.6 is 0 Å². The van der Waals surface area contributed by atoms with Gasteiger partial charge in [0.05, 0.1) is 0 Å². The Hall–Kier alpha value is -1.88. The lowest BCUT2D eigenvalue weighted by Crippen LogP contribution is -2.54. The standard InChI is InChI=1S/C22H35N3O2/c1-21(2,3)16-22(4,5)24-20(27)19(26)23-18-11-13-25(14-12-18)15-17-9-7-6-8-10-17/h6-10,18H,11-16H2,1-5H3,(H,23,26)(H,24,27). The molecule has 27 heavy (non-hydrogen) atoms. The second-order valence-corrected chi connectivity index (χ2v) is 9.58. The number of benzene rings is 1. The van der Waals surface area contributed by atoms with Crippen LogP contribution < -0.4 is 10.6 Å². The van der Waals surface area contributed by atoms with Crippen molar-refractivity contribution in [2.75, 3.05) is 13.1 Å². The molecule has 5 nitrogen and oxygen atoms in total. The molecule has 0 aromatic heterocycles. The van der Waals surface area contributed by atoms with Crippen LogP contribution in [0.2, 0.25) is 0 Å². The first-order valence-electron chi connectivity index (χ1n) is 9.93. The summed E-state index contributed by atoms with van der Waals surface area (Å²) in [6.45, 7) is 13.1. The van der Waals surface area contributed by atoms with Gasteiger partial charge in [-0.1, -0.05) is 51.1 Å². The van der Waals surface area contributed by atoms with Gasteiger partial charge < -0.3 is 10.6 Å². The zero-order valence-corrected chi connectivity index (χ0v) is 17.5. The van der Waals surface area contributed by atoms with Gasteiger partial charge in [0.2, 0.25) is 0 Å². The van der Waals surface area contributed by atoms with Crippen LogP contribution in [0.15, 0.2) is 30.3 Å². The molecule has 1 aromatic carbocycles. The summed E-state index contributed by atoms with van der Waals surface area (Å²) in [6, 6.07) is 10.5. The van der Waals surface area contributed by atoms with E-state index in [9.17, 15) is 9.59 Å². The summed E-state index contributed by atoms with van der Waals surface area (Å²) in [5, 5.41) is 5.79. The molecule has 2 rings (SSSR count). The Morgan fingerprint density at radius 2 is 1.59 bits per heavy atom. The Morgan fingerprint density at radius 3 is 2.15 bits per heavy atom. The minimum Gasteiger partial charge on any atom is -0.345 e. The second-order valence-electron chi connectivity index (χ2n) is 9.58. The quantitative estimate of drug-likeness (QED) is 0.780. The maximum absolute atomic E-state index is 12.3. The van der Waals surface area contributed by atoms with Crippen molar-refractivity contribution in [3.8, 4) is 0 Å². The number of likely N-dealkylation sites (tertiary alicyclic amines) is 1. The zero-order valence-electron chi connectivity index (χ0n) is 17.5. The Bertz CT molecular complexity index is 627. The van der Waals surface area contributed by atoms with Crippen LogP contribution in [0.4, 0.5) is 0 Å². The molecule has 1 aliphatic rings. The summed E-state index contributed by atoms with van der Waals surface area (Å²) in [5.41, 5.74) is 0.977. The van der Waals surface area contributed by atoms with Crippen molar-refractivity contribution in [2.24, 2.45) is 5.41 Å². The Morgan fingerprint density at radius 1 is 1.00 bits per heavy atom. The van der Waals surface area contributed by atoms with Crippen LogP contribution in [0.3, 0.4) is 0 Å². The van der Waals surface area contributed by atoms with E-state index in [2.05, 4.69) is 60.6 Å². The molecule has 1 heterocycles. The van der Waals surface area contributed by atoms with E-state index >= 15 is 0 Å². The highest BCUT2D eigenvalue weighted by Gasteiger charge is 2.30. The van der Waals surface area contributed by atoms with E-state index in [1.54, 1.807) is 0 Å². The smallest absolute Gasteiger partial charge is 0.309 e. The third kappa shape index (κ3) is 7.71. The minimum atomic E-state index is -0.532. The predicted octanol–water partition coefficient (Wildman–Crippen LogP) is 3.10. The molecule has 0 radical (unpaired) electrons. The van der Waals surface area contributed by atoms with Gasteiger partial charge in [0.15, 0.2) is 0 Å². The lowest BCUT2D eigenvalue weighted by atomic mass is 9.82. The van der Waals surface area contributed by atoms with E-state index in [0.29, 0.717) is 0 Å². The van der Waals surface area contributed by atoms with Gasteiger partial charge >= 0.3 is 11.8 Å². The van der Waals surface area contributed by atoms with E-state index in [1.165, 1.54) is 5.56 Å². The summed E-state index contributed by atoms with van der Waals surface area (Å²) in [7, 11) is 0. The molecule has 2 N–H and O–H groups in total. The molecule has 0 spiro atoms. The number of hydrogen-bond acceptors (Lipinski definition) is 3. The fraction of sp³-hybridized carbons (Fsp3) is 0.636. The second kappa shape index (κ2) is 8.87. The van der Waals surface area contributed by atoms with E-state index in [0.717, 1.165) is 38.9 Å². The number of carbonyl (C=O) groups excluding carboxylic acids is 2. The average Bonchev–Trinajstić information content (AvgIpc) is 2.55. The molecule has 0 atom stereocenters. The molecular weight excluding hydrogens is 338 g/mol. The van der Waals surface area contributed by atoms with Crippen molar-refractivity contribution in [3.05, 3.63) is 35.9 Å². The third-order valence-electron chi connectivity index (χ3n) is 4.80. The van der Waals surface area contributed by atoms with Crippen LogP contribution in [0.5, 0.6) is 0 Å². The van der Waals surface area contributed by atoms with Gasteiger partial charge in [-0.3, -0.25) is 14.5 Å². The third-order valence-corrected chi connectivity index (χ3v) is 4.80. The fourth-order valence-corrected chi connectivity index (χ4v) is 4.06. The summed E-state index contributed by atoms with van der Waals surface area (Å²) in [5.74, 6) is -1.05. The van der Waals surface area contributed by atoms with Crippen molar-refractivity contribution in [3.63, 3.8) is 0 Å². The number of piperidine rings is 1. The molecule has 150 valence electrons. The first-order valence-corrected chi connectivity index (χ1v) is 9.93. The van der Waals surface area contributed by atoms with E-state index < -0.39 is 17.4 Å². The SMILES string of the molecule is CC(C)(C)CC(C)(C)NC(=O)C(=O)NC1CCN(Cc2ccccc2)CC1. The van der Waals surface area contributed by atoms with Crippen molar-refractivity contribution >= 4 is 11.8 Å². The monoisotopic (exact) mass is 373 g/mol. The normalized spacial score (nSPS) is 16.8. The minimum absolute atomic E-state index is 0.0704. The van der Waals surface area contributed by atoms with Crippen LogP contribution in [0, 0.1) is 5.41 Å². The molecule has 1 fully saturated rings. The first-order chi connectivity index (χ1) is 12.5. The summed E-state index contributed by atoms with van der Waals surface area (Å²) < 4.78 is 0. The van der Waals surface area contributed by atoms with Gasteiger partial charge in [0.25, 0.3) is 0 Å². The number of rotatable bonds is 5. The van der Waals surface area contributed by atoms with E-state index in [1.807, 2.05) is 19.9 Å². The Kier molecular flexibility index (Phi) is 7.04. The number of nitrogens with one attached hydrogen (secondary N) is 2. The zero-order chi connectivity index (χ0) is 20.1. The van der Waals surface area contributed by atoms with Gasteiger partial charge in [-0.15, -0.1) is 0 Å². The molecule has 1 aliphatic heterocycles. The lowest BCUT2D eigenvalue weighted by Gasteiger charge is -2.34. The fourth-order valence-electron chi connectivity index (χ4n) is 4.06. The maximum Gasteiger partial charge on any atom is 0.309 e. The largest absolute Gasteiger partial charge is 0.345 e. The summed E-state index contributed by atoms with van der Waals surface area (Å²) in [6.07, 6.45) is 2.55. The molecule has 0 aliphatic carbocycles. The van der Waals surface area contributed by atoms with Crippen molar-refractivity contribution in [2.45, 2.75) is 72.0 Å². The van der Waals surface area contributed by atoms with Crippen LogP contribution in [-0.2, 0) is 16.1 Å². The summed E-state index contributed by atoms with van der Waals surface area (Å²) in [4.78, 5) is 27.0. The molecule has 2 amide bonds. The first kappa shape index (κ1) is 21.4. The van der Waals surface area contributed by atoms with Crippen molar-refractivity contribution in [1.29, 1.82) is 0 Å². The average molecular weight is 374 g/mol.